The van der Waals surface area contributed by atoms with Gasteiger partial charge >= 0.3 is 0 Å². The van der Waals surface area contributed by atoms with Crippen LogP contribution < -0.4 is 11.3 Å². The molecule has 2 aromatic carbocycles. The van der Waals surface area contributed by atoms with Gasteiger partial charge in [0.1, 0.15) is 11.6 Å². The Morgan fingerprint density at radius 1 is 1.05 bits per heavy atom. The van der Waals surface area contributed by atoms with Gasteiger partial charge in [-0.1, -0.05) is 18.2 Å². The second-order valence-electron chi connectivity index (χ2n) is 3.92. The molecule has 6 heteroatoms. The molecule has 2 nitrogen and oxygen atoms in total. The second kappa shape index (κ2) is 6.09. The van der Waals surface area contributed by atoms with Crippen LogP contribution in [-0.2, 0) is 0 Å². The first kappa shape index (κ1) is 14.6. The minimum absolute atomic E-state index is 0.306. The number of halogens is 4. The maximum Gasteiger partial charge on any atom is 0.142 e. The van der Waals surface area contributed by atoms with E-state index in [1.807, 2.05) is 0 Å². The minimum atomic E-state index is -0.561. The summed E-state index contributed by atoms with van der Waals surface area (Å²) in [7, 11) is 0. The lowest BCUT2D eigenvalue weighted by Crippen LogP contribution is -2.29. The van der Waals surface area contributed by atoms with Gasteiger partial charge in [0, 0.05) is 5.56 Å². The van der Waals surface area contributed by atoms with Crippen molar-refractivity contribution in [1.82, 2.24) is 5.43 Å². The topological polar surface area (TPSA) is 38.0 Å². The average Bonchev–Trinajstić information content (AvgIpc) is 2.39. The van der Waals surface area contributed by atoms with Gasteiger partial charge in [0.2, 0.25) is 0 Å². The molecule has 0 aliphatic carbocycles. The summed E-state index contributed by atoms with van der Waals surface area (Å²) >= 11 is 6.23. The molecule has 0 aliphatic rings. The van der Waals surface area contributed by atoms with Crippen LogP contribution in [0, 0.1) is 11.6 Å². The molecule has 0 fully saturated rings. The zero-order valence-electron chi connectivity index (χ0n) is 9.63. The summed E-state index contributed by atoms with van der Waals surface area (Å²) in [6.45, 7) is 0. The molecular weight excluding hydrogens is 382 g/mol. The third kappa shape index (κ3) is 3.02. The van der Waals surface area contributed by atoms with E-state index in [2.05, 4.69) is 37.3 Å². The summed E-state index contributed by atoms with van der Waals surface area (Å²) < 4.78 is 28.0. The lowest BCUT2D eigenvalue weighted by atomic mass is 9.99. The summed E-state index contributed by atoms with van der Waals surface area (Å²) in [5.74, 6) is 4.73. The number of hydrazine groups is 1. The molecule has 1 unspecified atom stereocenters. The Bertz CT molecular complexity index is 605. The molecule has 100 valence electrons. The van der Waals surface area contributed by atoms with E-state index >= 15 is 0 Å². The molecule has 0 radical (unpaired) electrons. The van der Waals surface area contributed by atoms with Gasteiger partial charge in [-0.3, -0.25) is 5.84 Å². The Hall–Kier alpha value is -0.820. The van der Waals surface area contributed by atoms with Crippen molar-refractivity contribution < 1.29 is 8.78 Å². The highest BCUT2D eigenvalue weighted by Gasteiger charge is 2.18. The molecule has 1 atom stereocenters. The van der Waals surface area contributed by atoms with Crippen molar-refractivity contribution in [2.45, 2.75) is 6.04 Å². The molecule has 0 aliphatic heterocycles. The van der Waals surface area contributed by atoms with Crippen molar-refractivity contribution in [3.05, 3.63) is 68.1 Å². The SMILES string of the molecule is NNC(c1ccc(F)c(Br)c1)c1cccc(Br)c1F. The van der Waals surface area contributed by atoms with Crippen LogP contribution in [0.1, 0.15) is 17.2 Å². The summed E-state index contributed by atoms with van der Waals surface area (Å²) in [5.41, 5.74) is 3.59. The Kier molecular flexibility index (Phi) is 4.67. The normalized spacial score (nSPS) is 12.5. The number of nitrogens with one attached hydrogen (secondary N) is 1. The van der Waals surface area contributed by atoms with Crippen molar-refractivity contribution in [1.29, 1.82) is 0 Å². The quantitative estimate of drug-likeness (QED) is 0.612. The molecule has 2 aromatic rings. The third-order valence-electron chi connectivity index (χ3n) is 2.74. The van der Waals surface area contributed by atoms with E-state index in [4.69, 9.17) is 5.84 Å². The fourth-order valence-electron chi connectivity index (χ4n) is 1.80. The van der Waals surface area contributed by atoms with Gasteiger partial charge in [-0.2, -0.15) is 0 Å². The predicted octanol–water partition coefficient (Wildman–Crippen LogP) is 4.04. The Labute approximate surface area is 126 Å². The lowest BCUT2D eigenvalue weighted by molar-refractivity contribution is 0.554. The second-order valence-corrected chi connectivity index (χ2v) is 5.62. The van der Waals surface area contributed by atoms with Gasteiger partial charge < -0.3 is 0 Å². The summed E-state index contributed by atoms with van der Waals surface area (Å²) in [6.07, 6.45) is 0. The largest absolute Gasteiger partial charge is 0.271 e. The molecule has 0 heterocycles. The summed E-state index contributed by atoms with van der Waals surface area (Å²) in [6, 6.07) is 8.82. The molecule has 0 bridgehead atoms. The Morgan fingerprint density at radius 2 is 1.79 bits per heavy atom. The first-order valence-electron chi connectivity index (χ1n) is 5.39. The minimum Gasteiger partial charge on any atom is -0.271 e. The monoisotopic (exact) mass is 390 g/mol. The highest BCUT2D eigenvalue weighted by Crippen LogP contribution is 2.29. The number of nitrogens with two attached hydrogens (primary N) is 1. The average molecular weight is 392 g/mol. The smallest absolute Gasteiger partial charge is 0.142 e. The number of rotatable bonds is 3. The van der Waals surface area contributed by atoms with E-state index < -0.39 is 11.9 Å². The molecule has 2 rings (SSSR count). The Balaban J connectivity index is 2.50. The van der Waals surface area contributed by atoms with Crippen LogP contribution in [-0.4, -0.2) is 0 Å². The molecule has 0 amide bonds. The standard InChI is InChI=1S/C13H10Br2F2N2/c14-9-3-1-2-8(12(9)17)13(19-18)7-4-5-11(16)10(15)6-7/h1-6,13,19H,18H2. The molecule has 0 aromatic heterocycles. The molecule has 0 saturated heterocycles. The van der Waals surface area contributed by atoms with Crippen LogP contribution in [0.15, 0.2) is 45.3 Å². The van der Waals surface area contributed by atoms with Gasteiger partial charge in [-0.05, 0) is 55.6 Å². The predicted molar refractivity (Wildman–Crippen MR) is 77.4 cm³/mol. The highest BCUT2D eigenvalue weighted by atomic mass is 79.9. The zero-order valence-corrected chi connectivity index (χ0v) is 12.8. The van der Waals surface area contributed by atoms with Gasteiger partial charge in [0.25, 0.3) is 0 Å². The van der Waals surface area contributed by atoms with Crippen molar-refractivity contribution in [3.8, 4) is 0 Å². The van der Waals surface area contributed by atoms with Crippen molar-refractivity contribution in [2.24, 2.45) is 5.84 Å². The van der Waals surface area contributed by atoms with Crippen LogP contribution >= 0.6 is 31.9 Å². The maximum atomic E-state index is 14.1. The van der Waals surface area contributed by atoms with Crippen LogP contribution in [0.25, 0.3) is 0 Å². The van der Waals surface area contributed by atoms with Crippen molar-refractivity contribution in [3.63, 3.8) is 0 Å². The van der Waals surface area contributed by atoms with Gasteiger partial charge in [0.15, 0.2) is 0 Å². The molecule has 19 heavy (non-hydrogen) atoms. The highest BCUT2D eigenvalue weighted by molar-refractivity contribution is 9.10. The van der Waals surface area contributed by atoms with Gasteiger partial charge in [0.05, 0.1) is 15.0 Å². The first-order chi connectivity index (χ1) is 9.04. The summed E-state index contributed by atoms with van der Waals surface area (Å²) in [4.78, 5) is 0. The number of hydrogen-bond donors (Lipinski definition) is 2. The lowest BCUT2D eigenvalue weighted by Gasteiger charge is -2.18. The fraction of sp³-hybridized carbons (Fsp3) is 0.0769. The molecule has 0 spiro atoms. The molecule has 3 N–H and O–H groups in total. The van der Waals surface area contributed by atoms with E-state index in [9.17, 15) is 8.78 Å². The van der Waals surface area contributed by atoms with Gasteiger partial charge in [-0.15, -0.1) is 0 Å². The van der Waals surface area contributed by atoms with Crippen LogP contribution in [0.5, 0.6) is 0 Å². The van der Waals surface area contributed by atoms with Crippen LogP contribution in [0.2, 0.25) is 0 Å². The van der Waals surface area contributed by atoms with Crippen LogP contribution in [0.4, 0.5) is 8.78 Å². The third-order valence-corrected chi connectivity index (χ3v) is 3.96. The van der Waals surface area contributed by atoms with E-state index in [0.717, 1.165) is 0 Å². The van der Waals surface area contributed by atoms with Crippen molar-refractivity contribution >= 4 is 31.9 Å². The van der Waals surface area contributed by atoms with E-state index in [1.54, 1.807) is 30.3 Å². The zero-order chi connectivity index (χ0) is 14.0. The number of benzene rings is 2. The van der Waals surface area contributed by atoms with Gasteiger partial charge in [-0.25, -0.2) is 14.2 Å². The van der Waals surface area contributed by atoms with E-state index in [1.165, 1.54) is 6.07 Å². The molecule has 0 saturated carbocycles. The molecular formula is C13H10Br2F2N2. The Morgan fingerprint density at radius 3 is 2.42 bits per heavy atom. The van der Waals surface area contributed by atoms with Crippen LogP contribution in [0.3, 0.4) is 0 Å². The number of hydrogen-bond acceptors (Lipinski definition) is 2. The van der Waals surface area contributed by atoms with Crippen molar-refractivity contribution in [2.75, 3.05) is 0 Å². The van der Waals surface area contributed by atoms with E-state index in [0.29, 0.717) is 20.1 Å². The fourth-order valence-corrected chi connectivity index (χ4v) is 2.58. The first-order valence-corrected chi connectivity index (χ1v) is 6.98. The maximum absolute atomic E-state index is 14.1. The van der Waals surface area contributed by atoms with E-state index in [-0.39, 0.29) is 5.82 Å². The summed E-state index contributed by atoms with van der Waals surface area (Å²) in [5, 5.41) is 0.